The van der Waals surface area contributed by atoms with Crippen LogP contribution in [0, 0.1) is 0 Å². The van der Waals surface area contributed by atoms with Gasteiger partial charge in [-0.25, -0.2) is 9.97 Å². The summed E-state index contributed by atoms with van der Waals surface area (Å²) < 4.78 is 0. The van der Waals surface area contributed by atoms with Crippen LogP contribution in [0.25, 0.3) is 0 Å². The van der Waals surface area contributed by atoms with Gasteiger partial charge in [0.05, 0.1) is 6.54 Å². The Morgan fingerprint density at radius 2 is 1.57 bits per heavy atom. The Morgan fingerprint density at radius 1 is 0.893 bits per heavy atom. The maximum atomic E-state index is 12.4. The maximum Gasteiger partial charge on any atom is 0.238 e. The van der Waals surface area contributed by atoms with Crippen LogP contribution >= 0.6 is 0 Å². The first-order valence-electron chi connectivity index (χ1n) is 10.1. The molecule has 28 heavy (non-hydrogen) atoms. The molecule has 0 unspecified atom stereocenters. The summed E-state index contributed by atoms with van der Waals surface area (Å²) in [5.41, 5.74) is 2.17. The monoisotopic (exact) mass is 380 g/mol. The number of hydrogen-bond donors (Lipinski definition) is 1. The van der Waals surface area contributed by atoms with Gasteiger partial charge in [0.1, 0.15) is 0 Å². The summed E-state index contributed by atoms with van der Waals surface area (Å²) in [6.07, 6.45) is 6.14. The van der Waals surface area contributed by atoms with Gasteiger partial charge in [0.15, 0.2) is 0 Å². The van der Waals surface area contributed by atoms with E-state index in [1.165, 1.54) is 31.5 Å². The molecule has 7 heteroatoms. The van der Waals surface area contributed by atoms with Crippen LogP contribution in [0.15, 0.2) is 42.7 Å². The first kappa shape index (κ1) is 18.8. The minimum Gasteiger partial charge on any atom is -0.338 e. The number of benzene rings is 1. The molecule has 2 fully saturated rings. The van der Waals surface area contributed by atoms with Crippen LogP contribution in [0.5, 0.6) is 0 Å². The molecule has 0 saturated carbocycles. The van der Waals surface area contributed by atoms with Crippen molar-refractivity contribution in [1.29, 1.82) is 0 Å². The number of hydrogen-bond acceptors (Lipinski definition) is 6. The smallest absolute Gasteiger partial charge is 0.238 e. The summed E-state index contributed by atoms with van der Waals surface area (Å²) >= 11 is 0. The molecule has 1 aromatic carbocycles. The lowest BCUT2D eigenvalue weighted by Crippen LogP contribution is -2.49. The Labute approximate surface area is 166 Å². The van der Waals surface area contributed by atoms with Crippen LogP contribution in [0.3, 0.4) is 0 Å². The Bertz CT molecular complexity index is 752. The summed E-state index contributed by atoms with van der Waals surface area (Å²) in [5.74, 6) is 0.803. The van der Waals surface area contributed by atoms with Crippen molar-refractivity contribution >= 4 is 17.5 Å². The van der Waals surface area contributed by atoms with Crippen LogP contribution in [0.4, 0.5) is 11.6 Å². The lowest BCUT2D eigenvalue weighted by atomic mass is 10.2. The number of nitrogens with one attached hydrogen (secondary N) is 1. The summed E-state index contributed by atoms with van der Waals surface area (Å²) in [6, 6.07) is 10.1. The Kier molecular flexibility index (Phi) is 6.14. The van der Waals surface area contributed by atoms with Gasteiger partial charge in [-0.1, -0.05) is 12.1 Å². The molecule has 4 rings (SSSR count). The number of amides is 1. The highest BCUT2D eigenvalue weighted by molar-refractivity contribution is 5.92. The van der Waals surface area contributed by atoms with Crippen molar-refractivity contribution in [2.24, 2.45) is 0 Å². The molecule has 0 aliphatic carbocycles. The van der Waals surface area contributed by atoms with Crippen molar-refractivity contribution in [2.45, 2.75) is 19.4 Å². The molecule has 0 atom stereocenters. The van der Waals surface area contributed by atoms with Crippen LogP contribution in [0.2, 0.25) is 0 Å². The summed E-state index contributed by atoms with van der Waals surface area (Å²) in [6.45, 7) is 7.15. The van der Waals surface area contributed by atoms with Gasteiger partial charge in [-0.15, -0.1) is 0 Å². The molecule has 0 radical (unpaired) electrons. The standard InChI is InChI=1S/C21H28N6O/c28-20(17-26-12-14-27(15-13-26)21-22-8-3-9-23-21)24-19-6-4-18(5-7-19)16-25-10-1-2-11-25/h3-9H,1-2,10-17H2,(H,24,28). The molecule has 1 amide bonds. The third-order valence-corrected chi connectivity index (χ3v) is 5.42. The molecule has 2 aliphatic rings. The molecule has 0 spiro atoms. The minimum absolute atomic E-state index is 0.0386. The predicted octanol–water partition coefficient (Wildman–Crippen LogP) is 1.83. The largest absolute Gasteiger partial charge is 0.338 e. The van der Waals surface area contributed by atoms with Crippen molar-refractivity contribution < 1.29 is 4.79 Å². The number of carbonyl (C=O) groups is 1. The van der Waals surface area contributed by atoms with Gasteiger partial charge in [-0.3, -0.25) is 14.6 Å². The van der Waals surface area contributed by atoms with Crippen LogP contribution in [0.1, 0.15) is 18.4 Å². The summed E-state index contributed by atoms with van der Waals surface area (Å²) in [4.78, 5) is 27.8. The van der Waals surface area contributed by atoms with Gasteiger partial charge in [0.2, 0.25) is 11.9 Å². The van der Waals surface area contributed by atoms with E-state index in [0.29, 0.717) is 6.54 Å². The van der Waals surface area contributed by atoms with Gasteiger partial charge >= 0.3 is 0 Å². The van der Waals surface area contributed by atoms with Gasteiger partial charge in [0, 0.05) is 50.8 Å². The first-order valence-corrected chi connectivity index (χ1v) is 10.1. The molecule has 2 aliphatic heterocycles. The minimum atomic E-state index is 0.0386. The number of aromatic nitrogens is 2. The van der Waals surface area contributed by atoms with Gasteiger partial charge < -0.3 is 10.2 Å². The molecule has 2 saturated heterocycles. The Balaban J connectivity index is 1.21. The summed E-state index contributed by atoms with van der Waals surface area (Å²) in [5, 5.41) is 3.02. The van der Waals surface area contributed by atoms with Gasteiger partial charge in [-0.2, -0.15) is 0 Å². The van der Waals surface area contributed by atoms with Crippen molar-refractivity contribution in [3.8, 4) is 0 Å². The zero-order valence-corrected chi connectivity index (χ0v) is 16.3. The molecular weight excluding hydrogens is 352 g/mol. The second-order valence-electron chi connectivity index (χ2n) is 7.54. The van der Waals surface area contributed by atoms with Gasteiger partial charge in [-0.05, 0) is 49.7 Å². The first-order chi connectivity index (χ1) is 13.8. The second kappa shape index (κ2) is 9.12. The van der Waals surface area contributed by atoms with E-state index in [4.69, 9.17) is 0 Å². The maximum absolute atomic E-state index is 12.4. The third kappa shape index (κ3) is 5.05. The average molecular weight is 380 g/mol. The van der Waals surface area contributed by atoms with Gasteiger partial charge in [0.25, 0.3) is 0 Å². The quantitative estimate of drug-likeness (QED) is 0.825. The van der Waals surface area contributed by atoms with E-state index in [-0.39, 0.29) is 5.91 Å². The second-order valence-corrected chi connectivity index (χ2v) is 7.54. The van der Waals surface area contributed by atoms with Crippen molar-refractivity contribution in [2.75, 3.05) is 56.0 Å². The SMILES string of the molecule is O=C(CN1CCN(c2ncccn2)CC1)Nc1ccc(CN2CCCC2)cc1. The van der Waals surface area contributed by atoms with E-state index in [1.54, 1.807) is 12.4 Å². The molecule has 1 aromatic heterocycles. The highest BCUT2D eigenvalue weighted by Crippen LogP contribution is 2.15. The van der Waals surface area contributed by atoms with E-state index in [0.717, 1.165) is 44.4 Å². The molecule has 148 valence electrons. The normalized spacial score (nSPS) is 18.4. The molecule has 0 bridgehead atoms. The number of anilines is 2. The number of carbonyl (C=O) groups excluding carboxylic acids is 1. The highest BCUT2D eigenvalue weighted by atomic mass is 16.2. The predicted molar refractivity (Wildman–Crippen MR) is 110 cm³/mol. The van der Waals surface area contributed by atoms with E-state index >= 15 is 0 Å². The zero-order chi connectivity index (χ0) is 19.2. The number of nitrogens with zero attached hydrogens (tertiary/aromatic N) is 5. The highest BCUT2D eigenvalue weighted by Gasteiger charge is 2.20. The average Bonchev–Trinajstić information content (AvgIpc) is 3.24. The zero-order valence-electron chi connectivity index (χ0n) is 16.3. The van der Waals surface area contributed by atoms with Crippen LogP contribution in [-0.4, -0.2) is 71.5 Å². The number of rotatable bonds is 6. The van der Waals surface area contributed by atoms with Crippen LogP contribution in [-0.2, 0) is 11.3 Å². The number of piperazine rings is 1. The molecule has 2 aromatic rings. The molecular formula is C21H28N6O. The van der Waals surface area contributed by atoms with Crippen molar-refractivity contribution in [3.63, 3.8) is 0 Å². The topological polar surface area (TPSA) is 64.6 Å². The van der Waals surface area contributed by atoms with E-state index in [9.17, 15) is 4.79 Å². The molecule has 7 nitrogen and oxygen atoms in total. The fourth-order valence-corrected chi connectivity index (χ4v) is 3.86. The van der Waals surface area contributed by atoms with Crippen LogP contribution < -0.4 is 10.2 Å². The fourth-order valence-electron chi connectivity index (χ4n) is 3.86. The Morgan fingerprint density at radius 3 is 2.25 bits per heavy atom. The summed E-state index contributed by atoms with van der Waals surface area (Å²) in [7, 11) is 0. The fraction of sp³-hybridized carbons (Fsp3) is 0.476. The lowest BCUT2D eigenvalue weighted by molar-refractivity contribution is -0.117. The Hall–Kier alpha value is -2.51. The third-order valence-electron chi connectivity index (χ3n) is 5.42. The van der Waals surface area contributed by atoms with E-state index in [1.807, 2.05) is 18.2 Å². The molecule has 1 N–H and O–H groups in total. The lowest BCUT2D eigenvalue weighted by Gasteiger charge is -2.34. The number of likely N-dealkylation sites (tertiary alicyclic amines) is 1. The molecule has 3 heterocycles. The van der Waals surface area contributed by atoms with Crippen molar-refractivity contribution in [1.82, 2.24) is 19.8 Å². The van der Waals surface area contributed by atoms with E-state index < -0.39 is 0 Å². The van der Waals surface area contributed by atoms with E-state index in [2.05, 4.69) is 42.1 Å². The van der Waals surface area contributed by atoms with Crippen molar-refractivity contribution in [3.05, 3.63) is 48.3 Å².